The van der Waals surface area contributed by atoms with Crippen molar-refractivity contribution in [3.8, 4) is 0 Å². The van der Waals surface area contributed by atoms with Crippen LogP contribution in [0.3, 0.4) is 0 Å². The molecule has 0 saturated heterocycles. The van der Waals surface area contributed by atoms with Gasteiger partial charge in [0.2, 0.25) is 0 Å². The number of nitrogens with one attached hydrogen (secondary N) is 1. The van der Waals surface area contributed by atoms with E-state index in [1.54, 1.807) is 14.0 Å². The fourth-order valence-electron chi connectivity index (χ4n) is 1.39. The molecule has 0 amide bonds. The van der Waals surface area contributed by atoms with E-state index in [-0.39, 0.29) is 5.82 Å². The lowest BCUT2D eigenvalue weighted by Crippen LogP contribution is -2.16. The predicted molar refractivity (Wildman–Crippen MR) is 59.3 cm³/mol. The number of rotatable bonds is 6. The Kier molecular flexibility index (Phi) is 5.29. The molecule has 0 atom stereocenters. The lowest BCUT2D eigenvalue weighted by atomic mass is 10.1. The number of benzene rings is 1. The Labute approximate surface area is 90.4 Å². The van der Waals surface area contributed by atoms with Crippen molar-refractivity contribution in [3.05, 3.63) is 35.1 Å². The van der Waals surface area contributed by atoms with Crippen molar-refractivity contribution in [2.75, 3.05) is 20.3 Å². The van der Waals surface area contributed by atoms with Crippen molar-refractivity contribution in [1.82, 2.24) is 5.32 Å². The lowest BCUT2D eigenvalue weighted by molar-refractivity contribution is 0.194. The van der Waals surface area contributed by atoms with E-state index >= 15 is 0 Å². The van der Waals surface area contributed by atoms with Crippen LogP contribution in [0.25, 0.3) is 0 Å². The summed E-state index contributed by atoms with van der Waals surface area (Å²) in [5.74, 6) is -0.141. The fraction of sp³-hybridized carbons (Fsp3) is 0.500. The molecule has 0 aliphatic carbocycles. The fourth-order valence-corrected chi connectivity index (χ4v) is 1.39. The first-order chi connectivity index (χ1) is 7.24. The SMILES string of the molecule is COCCCNCc1ccc(F)c(C)c1. The van der Waals surface area contributed by atoms with Crippen molar-refractivity contribution < 1.29 is 9.13 Å². The van der Waals surface area contributed by atoms with Crippen LogP contribution in [0.1, 0.15) is 17.5 Å². The Morgan fingerprint density at radius 1 is 1.40 bits per heavy atom. The van der Waals surface area contributed by atoms with Crippen LogP contribution < -0.4 is 5.32 Å². The highest BCUT2D eigenvalue weighted by molar-refractivity contribution is 5.23. The van der Waals surface area contributed by atoms with Crippen LogP contribution in [-0.2, 0) is 11.3 Å². The molecule has 0 radical (unpaired) electrons. The van der Waals surface area contributed by atoms with E-state index in [9.17, 15) is 4.39 Å². The minimum absolute atomic E-state index is 0.141. The first-order valence-electron chi connectivity index (χ1n) is 5.18. The molecule has 0 fully saturated rings. The zero-order valence-corrected chi connectivity index (χ0v) is 9.35. The van der Waals surface area contributed by atoms with Gasteiger partial charge in [0, 0.05) is 20.3 Å². The minimum atomic E-state index is -0.141. The molecule has 0 spiro atoms. The maximum Gasteiger partial charge on any atom is 0.126 e. The molecule has 1 N–H and O–H groups in total. The van der Waals surface area contributed by atoms with Gasteiger partial charge in [0.25, 0.3) is 0 Å². The molecule has 1 rings (SSSR count). The standard InChI is InChI=1S/C12H18FNO/c1-10-8-11(4-5-12(10)13)9-14-6-3-7-15-2/h4-5,8,14H,3,6-7,9H2,1-2H3. The number of hydrogen-bond donors (Lipinski definition) is 1. The average molecular weight is 211 g/mol. The second-order valence-electron chi connectivity index (χ2n) is 3.61. The number of aryl methyl sites for hydroxylation is 1. The lowest BCUT2D eigenvalue weighted by Gasteiger charge is -2.05. The molecule has 0 heterocycles. The van der Waals surface area contributed by atoms with E-state index in [1.165, 1.54) is 6.07 Å². The van der Waals surface area contributed by atoms with Crippen LogP contribution >= 0.6 is 0 Å². The third-order valence-electron chi connectivity index (χ3n) is 2.25. The summed E-state index contributed by atoms with van der Waals surface area (Å²) in [5.41, 5.74) is 1.82. The summed E-state index contributed by atoms with van der Waals surface area (Å²) in [6.45, 7) is 4.26. The molecule has 1 aromatic rings. The maximum atomic E-state index is 13.0. The maximum absolute atomic E-state index is 13.0. The third kappa shape index (κ3) is 4.40. The van der Waals surface area contributed by atoms with E-state index in [0.29, 0.717) is 5.56 Å². The number of halogens is 1. The Morgan fingerprint density at radius 2 is 2.20 bits per heavy atom. The molecule has 15 heavy (non-hydrogen) atoms. The molecular weight excluding hydrogens is 193 g/mol. The normalized spacial score (nSPS) is 10.6. The molecule has 0 bridgehead atoms. The van der Waals surface area contributed by atoms with Crippen LogP contribution in [-0.4, -0.2) is 20.3 Å². The Bertz CT molecular complexity index is 302. The molecule has 0 saturated carbocycles. The second-order valence-corrected chi connectivity index (χ2v) is 3.61. The molecule has 3 heteroatoms. The van der Waals surface area contributed by atoms with Gasteiger partial charge in [0.15, 0.2) is 0 Å². The highest BCUT2D eigenvalue weighted by Gasteiger charge is 1.98. The quantitative estimate of drug-likeness (QED) is 0.729. The van der Waals surface area contributed by atoms with Gasteiger partial charge in [-0.3, -0.25) is 0 Å². The summed E-state index contributed by atoms with van der Waals surface area (Å²) in [6, 6.07) is 5.20. The topological polar surface area (TPSA) is 21.3 Å². The van der Waals surface area contributed by atoms with E-state index in [0.717, 1.165) is 31.7 Å². The van der Waals surface area contributed by atoms with Gasteiger partial charge in [0.05, 0.1) is 0 Å². The van der Waals surface area contributed by atoms with Crippen LogP contribution in [0.5, 0.6) is 0 Å². The highest BCUT2D eigenvalue weighted by atomic mass is 19.1. The van der Waals surface area contributed by atoms with Crippen LogP contribution in [0.2, 0.25) is 0 Å². The third-order valence-corrected chi connectivity index (χ3v) is 2.25. The van der Waals surface area contributed by atoms with Gasteiger partial charge in [-0.2, -0.15) is 0 Å². The summed E-state index contributed by atoms with van der Waals surface area (Å²) >= 11 is 0. The molecule has 0 aromatic heterocycles. The number of methoxy groups -OCH3 is 1. The van der Waals surface area contributed by atoms with E-state index in [1.807, 2.05) is 12.1 Å². The van der Waals surface area contributed by atoms with Crippen molar-refractivity contribution in [1.29, 1.82) is 0 Å². The summed E-state index contributed by atoms with van der Waals surface area (Å²) < 4.78 is 17.9. The molecule has 0 aliphatic rings. The zero-order chi connectivity index (χ0) is 11.1. The summed E-state index contributed by atoms with van der Waals surface area (Å²) in [4.78, 5) is 0. The van der Waals surface area contributed by atoms with E-state index < -0.39 is 0 Å². The van der Waals surface area contributed by atoms with Crippen LogP contribution in [0.4, 0.5) is 4.39 Å². The molecule has 2 nitrogen and oxygen atoms in total. The van der Waals surface area contributed by atoms with Gasteiger partial charge in [-0.25, -0.2) is 4.39 Å². The van der Waals surface area contributed by atoms with Crippen molar-refractivity contribution in [2.45, 2.75) is 19.9 Å². The molecular formula is C12H18FNO. The molecule has 1 aromatic carbocycles. The summed E-state index contributed by atoms with van der Waals surface area (Å²) in [7, 11) is 1.70. The Balaban J connectivity index is 2.28. The average Bonchev–Trinajstić information content (AvgIpc) is 2.23. The van der Waals surface area contributed by atoms with Gasteiger partial charge in [-0.1, -0.05) is 12.1 Å². The Hall–Kier alpha value is -0.930. The van der Waals surface area contributed by atoms with E-state index in [4.69, 9.17) is 4.74 Å². The monoisotopic (exact) mass is 211 g/mol. The Morgan fingerprint density at radius 3 is 2.87 bits per heavy atom. The van der Waals surface area contributed by atoms with Crippen LogP contribution in [0, 0.1) is 12.7 Å². The van der Waals surface area contributed by atoms with Gasteiger partial charge in [0.1, 0.15) is 5.82 Å². The van der Waals surface area contributed by atoms with Gasteiger partial charge in [-0.05, 0) is 37.1 Å². The van der Waals surface area contributed by atoms with E-state index in [2.05, 4.69) is 5.32 Å². The molecule has 0 aliphatic heterocycles. The first kappa shape index (κ1) is 12.1. The first-order valence-corrected chi connectivity index (χ1v) is 5.18. The second kappa shape index (κ2) is 6.53. The van der Waals surface area contributed by atoms with Crippen molar-refractivity contribution >= 4 is 0 Å². The summed E-state index contributed by atoms with van der Waals surface area (Å²) in [6.07, 6.45) is 0.997. The molecule has 84 valence electrons. The van der Waals surface area contributed by atoms with Gasteiger partial charge >= 0.3 is 0 Å². The number of ether oxygens (including phenoxy) is 1. The number of hydrogen-bond acceptors (Lipinski definition) is 2. The predicted octanol–water partition coefficient (Wildman–Crippen LogP) is 2.26. The van der Waals surface area contributed by atoms with Crippen LogP contribution in [0.15, 0.2) is 18.2 Å². The summed E-state index contributed by atoms with van der Waals surface area (Å²) in [5, 5.41) is 3.28. The highest BCUT2D eigenvalue weighted by Crippen LogP contribution is 2.08. The van der Waals surface area contributed by atoms with Gasteiger partial charge < -0.3 is 10.1 Å². The van der Waals surface area contributed by atoms with Gasteiger partial charge in [-0.15, -0.1) is 0 Å². The zero-order valence-electron chi connectivity index (χ0n) is 9.35. The van der Waals surface area contributed by atoms with Crippen molar-refractivity contribution in [2.24, 2.45) is 0 Å². The minimum Gasteiger partial charge on any atom is -0.385 e. The largest absolute Gasteiger partial charge is 0.385 e. The smallest absolute Gasteiger partial charge is 0.126 e. The molecule has 0 unspecified atom stereocenters. The van der Waals surface area contributed by atoms with Crippen molar-refractivity contribution in [3.63, 3.8) is 0 Å².